The Morgan fingerprint density at radius 1 is 1.44 bits per heavy atom. The van der Waals surface area contributed by atoms with E-state index < -0.39 is 5.97 Å². The van der Waals surface area contributed by atoms with Gasteiger partial charge in [0.05, 0.1) is 5.69 Å². The van der Waals surface area contributed by atoms with Gasteiger partial charge in [0, 0.05) is 31.6 Å². The molecule has 0 unspecified atom stereocenters. The summed E-state index contributed by atoms with van der Waals surface area (Å²) in [5.41, 5.74) is 0.635. The zero-order chi connectivity index (χ0) is 13.2. The van der Waals surface area contributed by atoms with E-state index in [9.17, 15) is 4.79 Å². The number of hydrogen-bond acceptors (Lipinski definition) is 6. The molecule has 0 aliphatic rings. The predicted octanol–water partition coefficient (Wildman–Crippen LogP) is 0.380. The Bertz CT molecular complexity index is 376. The minimum absolute atomic E-state index is 0.137. The average Bonchev–Trinajstić information content (AvgIpc) is 2.38. The van der Waals surface area contributed by atoms with Crippen molar-refractivity contribution in [1.82, 2.24) is 15.3 Å². The minimum atomic E-state index is -1.01. The molecule has 7 heteroatoms. The highest BCUT2D eigenvalue weighted by Gasteiger charge is 2.10. The normalized spacial score (nSPS) is 10.5. The molecule has 1 aromatic heterocycles. The summed E-state index contributed by atoms with van der Waals surface area (Å²) in [4.78, 5) is 18.5. The van der Waals surface area contributed by atoms with E-state index in [1.54, 1.807) is 11.8 Å². The third-order valence-corrected chi connectivity index (χ3v) is 3.26. The SMILES string of the molecule is O=C(O)c1cncnc1CNCCSCCCO. The first-order valence-electron chi connectivity index (χ1n) is 5.67. The standard InChI is InChI=1S/C11H17N3O3S/c15-3-1-4-18-5-2-12-7-10-9(11(16)17)6-13-8-14-10/h6,8,12,15H,1-5,7H2,(H,16,17). The lowest BCUT2D eigenvalue weighted by atomic mass is 10.2. The molecule has 1 heterocycles. The molecule has 0 saturated carbocycles. The molecule has 1 aromatic rings. The second kappa shape index (κ2) is 8.84. The van der Waals surface area contributed by atoms with Gasteiger partial charge >= 0.3 is 5.97 Å². The van der Waals surface area contributed by atoms with Crippen molar-refractivity contribution < 1.29 is 15.0 Å². The van der Waals surface area contributed by atoms with Crippen molar-refractivity contribution in [2.24, 2.45) is 0 Å². The van der Waals surface area contributed by atoms with Crippen molar-refractivity contribution in [2.45, 2.75) is 13.0 Å². The van der Waals surface area contributed by atoms with Gasteiger partial charge in [0.2, 0.25) is 0 Å². The number of thioether (sulfide) groups is 1. The summed E-state index contributed by atoms with van der Waals surface area (Å²) < 4.78 is 0. The van der Waals surface area contributed by atoms with Gasteiger partial charge < -0.3 is 15.5 Å². The molecule has 6 nitrogen and oxygen atoms in total. The smallest absolute Gasteiger partial charge is 0.339 e. The Kier molecular flexibility index (Phi) is 7.31. The average molecular weight is 271 g/mol. The van der Waals surface area contributed by atoms with Crippen LogP contribution in [-0.4, -0.2) is 50.8 Å². The minimum Gasteiger partial charge on any atom is -0.478 e. The number of rotatable bonds is 9. The molecule has 0 radical (unpaired) electrons. The summed E-state index contributed by atoms with van der Waals surface area (Å²) in [6.45, 7) is 1.42. The van der Waals surface area contributed by atoms with Crippen LogP contribution in [0, 0.1) is 0 Å². The summed E-state index contributed by atoms with van der Waals surface area (Å²) in [6.07, 6.45) is 3.46. The van der Waals surface area contributed by atoms with Gasteiger partial charge in [-0.15, -0.1) is 0 Å². The molecule has 0 aliphatic carbocycles. The molecule has 0 saturated heterocycles. The van der Waals surface area contributed by atoms with E-state index in [4.69, 9.17) is 10.2 Å². The highest BCUT2D eigenvalue weighted by molar-refractivity contribution is 7.99. The van der Waals surface area contributed by atoms with Gasteiger partial charge in [-0.3, -0.25) is 0 Å². The van der Waals surface area contributed by atoms with Crippen LogP contribution in [0.25, 0.3) is 0 Å². The highest BCUT2D eigenvalue weighted by atomic mass is 32.2. The number of nitrogens with one attached hydrogen (secondary N) is 1. The zero-order valence-electron chi connectivity index (χ0n) is 10.0. The summed E-state index contributed by atoms with van der Waals surface area (Å²) in [5, 5.41) is 20.7. The van der Waals surface area contributed by atoms with E-state index in [2.05, 4.69) is 15.3 Å². The van der Waals surface area contributed by atoms with Crippen molar-refractivity contribution in [2.75, 3.05) is 24.7 Å². The fourth-order valence-electron chi connectivity index (χ4n) is 1.29. The van der Waals surface area contributed by atoms with Crippen LogP contribution in [0.5, 0.6) is 0 Å². The molecular weight excluding hydrogens is 254 g/mol. The number of aliphatic hydroxyl groups is 1. The molecule has 1 rings (SSSR count). The van der Waals surface area contributed by atoms with E-state index in [0.29, 0.717) is 12.2 Å². The molecule has 0 aliphatic heterocycles. The van der Waals surface area contributed by atoms with Crippen LogP contribution in [0.4, 0.5) is 0 Å². The van der Waals surface area contributed by atoms with Gasteiger partial charge in [-0.2, -0.15) is 11.8 Å². The molecular formula is C11H17N3O3S. The Balaban J connectivity index is 2.25. The zero-order valence-corrected chi connectivity index (χ0v) is 10.8. The van der Waals surface area contributed by atoms with Crippen molar-refractivity contribution >= 4 is 17.7 Å². The quantitative estimate of drug-likeness (QED) is 0.559. The fourth-order valence-corrected chi connectivity index (χ4v) is 2.12. The summed E-state index contributed by atoms with van der Waals surface area (Å²) in [5.74, 6) is 0.851. The van der Waals surface area contributed by atoms with E-state index in [0.717, 1.165) is 24.5 Å². The summed E-state index contributed by atoms with van der Waals surface area (Å²) >= 11 is 1.75. The van der Waals surface area contributed by atoms with Crippen molar-refractivity contribution in [3.8, 4) is 0 Å². The summed E-state index contributed by atoms with van der Waals surface area (Å²) in [6, 6.07) is 0. The lowest BCUT2D eigenvalue weighted by Gasteiger charge is -2.06. The molecule has 18 heavy (non-hydrogen) atoms. The molecule has 0 atom stereocenters. The van der Waals surface area contributed by atoms with Crippen molar-refractivity contribution in [3.63, 3.8) is 0 Å². The van der Waals surface area contributed by atoms with Crippen molar-refractivity contribution in [3.05, 3.63) is 23.8 Å². The van der Waals surface area contributed by atoms with Gasteiger partial charge in [0.25, 0.3) is 0 Å². The number of aromatic carboxylic acids is 1. The van der Waals surface area contributed by atoms with Crippen LogP contribution in [0.2, 0.25) is 0 Å². The molecule has 0 spiro atoms. The first kappa shape index (κ1) is 14.9. The first-order chi connectivity index (χ1) is 8.75. The largest absolute Gasteiger partial charge is 0.478 e. The molecule has 0 fully saturated rings. The lowest BCUT2D eigenvalue weighted by Crippen LogP contribution is -2.20. The molecule has 0 aromatic carbocycles. The fraction of sp³-hybridized carbons (Fsp3) is 0.545. The second-order valence-electron chi connectivity index (χ2n) is 3.55. The van der Waals surface area contributed by atoms with Crippen LogP contribution < -0.4 is 5.32 Å². The Hall–Kier alpha value is -1.18. The van der Waals surface area contributed by atoms with E-state index in [-0.39, 0.29) is 12.2 Å². The second-order valence-corrected chi connectivity index (χ2v) is 4.78. The number of hydrogen-bond donors (Lipinski definition) is 3. The maximum absolute atomic E-state index is 10.9. The van der Waals surface area contributed by atoms with Crippen LogP contribution in [0.15, 0.2) is 12.5 Å². The predicted molar refractivity (Wildman–Crippen MR) is 69.7 cm³/mol. The molecule has 100 valence electrons. The number of carboxylic acids is 1. The molecule has 0 bridgehead atoms. The van der Waals surface area contributed by atoms with Gasteiger partial charge in [-0.05, 0) is 12.2 Å². The first-order valence-corrected chi connectivity index (χ1v) is 6.82. The topological polar surface area (TPSA) is 95.3 Å². The van der Waals surface area contributed by atoms with Crippen LogP contribution in [-0.2, 0) is 6.54 Å². The number of aromatic nitrogens is 2. The monoisotopic (exact) mass is 271 g/mol. The van der Waals surface area contributed by atoms with Crippen LogP contribution in [0.1, 0.15) is 22.5 Å². The van der Waals surface area contributed by atoms with Crippen LogP contribution >= 0.6 is 11.8 Å². The van der Waals surface area contributed by atoms with Crippen molar-refractivity contribution in [1.29, 1.82) is 0 Å². The maximum Gasteiger partial charge on any atom is 0.339 e. The van der Waals surface area contributed by atoms with Gasteiger partial charge in [0.15, 0.2) is 0 Å². The Morgan fingerprint density at radius 3 is 3.00 bits per heavy atom. The van der Waals surface area contributed by atoms with Gasteiger partial charge in [0.1, 0.15) is 11.9 Å². The summed E-state index contributed by atoms with van der Waals surface area (Å²) in [7, 11) is 0. The third kappa shape index (κ3) is 5.44. The van der Waals surface area contributed by atoms with E-state index in [1.165, 1.54) is 12.5 Å². The van der Waals surface area contributed by atoms with Gasteiger partial charge in [-0.1, -0.05) is 0 Å². The highest BCUT2D eigenvalue weighted by Crippen LogP contribution is 2.04. The van der Waals surface area contributed by atoms with E-state index in [1.807, 2.05) is 0 Å². The molecule has 3 N–H and O–H groups in total. The van der Waals surface area contributed by atoms with E-state index >= 15 is 0 Å². The maximum atomic E-state index is 10.9. The third-order valence-electron chi connectivity index (χ3n) is 2.19. The Morgan fingerprint density at radius 2 is 2.28 bits per heavy atom. The Labute approximate surface area is 110 Å². The number of carbonyl (C=O) groups is 1. The number of nitrogens with zero attached hydrogens (tertiary/aromatic N) is 2. The van der Waals surface area contributed by atoms with Crippen LogP contribution in [0.3, 0.4) is 0 Å². The number of aliphatic hydroxyl groups excluding tert-OH is 1. The molecule has 0 amide bonds. The number of carboxylic acid groups (broad SMARTS) is 1. The lowest BCUT2D eigenvalue weighted by molar-refractivity contribution is 0.0694. The van der Waals surface area contributed by atoms with Gasteiger partial charge in [-0.25, -0.2) is 14.8 Å².